The molecule has 2 unspecified atom stereocenters. The Morgan fingerprint density at radius 2 is 1.89 bits per heavy atom. The maximum Gasteiger partial charge on any atom is 0.239 e. The average molecular weight is 374 g/mol. The van der Waals surface area contributed by atoms with Crippen LogP contribution in [0.3, 0.4) is 0 Å². The third-order valence-corrected chi connectivity index (χ3v) is 5.51. The number of nitrogens with one attached hydrogen (secondary N) is 1. The summed E-state index contributed by atoms with van der Waals surface area (Å²) in [5, 5.41) is 2.91. The van der Waals surface area contributed by atoms with E-state index in [1.807, 2.05) is 18.7 Å². The fraction of sp³-hybridized carbons (Fsp3) is 0.684. The second kappa shape index (κ2) is 9.12. The van der Waals surface area contributed by atoms with E-state index in [-0.39, 0.29) is 23.8 Å². The largest absolute Gasteiger partial charge is 0.356 e. The van der Waals surface area contributed by atoms with Crippen molar-refractivity contribution >= 4 is 17.8 Å². The number of amides is 2. The molecule has 0 aromatic carbocycles. The summed E-state index contributed by atoms with van der Waals surface area (Å²) in [5.41, 5.74) is 0. The van der Waals surface area contributed by atoms with Crippen molar-refractivity contribution in [2.45, 2.75) is 32.7 Å². The first-order chi connectivity index (χ1) is 13.1. The fourth-order valence-electron chi connectivity index (χ4n) is 3.89. The molecule has 3 rings (SSSR count). The van der Waals surface area contributed by atoms with Crippen LogP contribution in [0.5, 0.6) is 0 Å². The fourth-order valence-corrected chi connectivity index (χ4v) is 3.89. The highest BCUT2D eigenvalue weighted by Gasteiger charge is 2.33. The first kappa shape index (κ1) is 19.5. The molecule has 1 aromatic heterocycles. The zero-order chi connectivity index (χ0) is 19.2. The molecule has 8 heteroatoms. The van der Waals surface area contributed by atoms with Crippen molar-refractivity contribution in [1.29, 1.82) is 0 Å². The van der Waals surface area contributed by atoms with Gasteiger partial charge in [-0.2, -0.15) is 0 Å². The number of hydrogen-bond donors (Lipinski definition) is 1. The second-order valence-electron chi connectivity index (χ2n) is 7.27. The van der Waals surface area contributed by atoms with Crippen molar-refractivity contribution in [2.75, 3.05) is 50.7 Å². The van der Waals surface area contributed by atoms with Gasteiger partial charge in [-0.25, -0.2) is 9.97 Å². The molecule has 2 saturated heterocycles. The summed E-state index contributed by atoms with van der Waals surface area (Å²) in [7, 11) is 0. The van der Waals surface area contributed by atoms with Crippen molar-refractivity contribution < 1.29 is 9.59 Å². The van der Waals surface area contributed by atoms with E-state index in [0.29, 0.717) is 26.2 Å². The lowest BCUT2D eigenvalue weighted by atomic mass is 9.95. The van der Waals surface area contributed by atoms with E-state index < -0.39 is 0 Å². The Labute approximate surface area is 160 Å². The van der Waals surface area contributed by atoms with Gasteiger partial charge in [0.05, 0.1) is 12.0 Å². The number of carbonyl (C=O) groups is 2. The van der Waals surface area contributed by atoms with Crippen molar-refractivity contribution in [3.63, 3.8) is 0 Å². The number of rotatable bonds is 5. The molecule has 2 amide bonds. The molecule has 0 saturated carbocycles. The number of anilines is 1. The third kappa shape index (κ3) is 4.74. The summed E-state index contributed by atoms with van der Waals surface area (Å²) < 4.78 is 0. The van der Waals surface area contributed by atoms with Gasteiger partial charge in [-0.3, -0.25) is 14.5 Å². The minimum Gasteiger partial charge on any atom is -0.356 e. The molecular formula is C19H30N6O2. The maximum absolute atomic E-state index is 13.0. The predicted molar refractivity (Wildman–Crippen MR) is 103 cm³/mol. The van der Waals surface area contributed by atoms with Gasteiger partial charge in [0, 0.05) is 51.7 Å². The van der Waals surface area contributed by atoms with Crippen molar-refractivity contribution in [1.82, 2.24) is 25.1 Å². The summed E-state index contributed by atoms with van der Waals surface area (Å²) in [5.74, 6) is 0.970. The van der Waals surface area contributed by atoms with E-state index in [9.17, 15) is 9.59 Å². The van der Waals surface area contributed by atoms with Crippen LogP contribution in [0.1, 0.15) is 26.7 Å². The van der Waals surface area contributed by atoms with Crippen LogP contribution < -0.4 is 10.2 Å². The lowest BCUT2D eigenvalue weighted by molar-refractivity contribution is -0.139. The molecule has 2 aliphatic rings. The summed E-state index contributed by atoms with van der Waals surface area (Å²) >= 11 is 0. The molecule has 0 bridgehead atoms. The van der Waals surface area contributed by atoms with Crippen molar-refractivity contribution in [3.05, 3.63) is 18.5 Å². The van der Waals surface area contributed by atoms with Gasteiger partial charge in [-0.15, -0.1) is 0 Å². The smallest absolute Gasteiger partial charge is 0.239 e. The molecule has 148 valence electrons. The molecule has 2 atom stereocenters. The Kier molecular flexibility index (Phi) is 6.60. The normalized spacial score (nSPS) is 22.4. The summed E-state index contributed by atoms with van der Waals surface area (Å²) in [6.07, 6.45) is 5.34. The number of piperazine rings is 1. The molecule has 0 aliphatic carbocycles. The molecule has 3 heterocycles. The van der Waals surface area contributed by atoms with Gasteiger partial charge in [0.1, 0.15) is 0 Å². The first-order valence-corrected chi connectivity index (χ1v) is 9.92. The van der Waals surface area contributed by atoms with E-state index in [1.165, 1.54) is 0 Å². The Bertz CT molecular complexity index is 632. The molecule has 8 nitrogen and oxygen atoms in total. The summed E-state index contributed by atoms with van der Waals surface area (Å²) in [6.45, 7) is 8.92. The van der Waals surface area contributed by atoms with Crippen LogP contribution in [-0.2, 0) is 9.59 Å². The highest BCUT2D eigenvalue weighted by Crippen LogP contribution is 2.20. The minimum absolute atomic E-state index is 0.0129. The number of nitrogens with zero attached hydrogens (tertiary/aromatic N) is 5. The Hall–Kier alpha value is -2.22. The molecule has 0 radical (unpaired) electrons. The van der Waals surface area contributed by atoms with Crippen LogP contribution in [0.4, 0.5) is 5.95 Å². The van der Waals surface area contributed by atoms with Gasteiger partial charge in [-0.1, -0.05) is 0 Å². The molecule has 27 heavy (non-hydrogen) atoms. The van der Waals surface area contributed by atoms with Crippen LogP contribution in [0.25, 0.3) is 0 Å². The number of hydrogen-bond acceptors (Lipinski definition) is 6. The summed E-state index contributed by atoms with van der Waals surface area (Å²) in [6, 6.07) is 1.61. The van der Waals surface area contributed by atoms with E-state index in [0.717, 1.165) is 38.4 Å². The lowest BCUT2D eigenvalue weighted by Gasteiger charge is -2.40. The van der Waals surface area contributed by atoms with E-state index in [1.54, 1.807) is 18.5 Å². The standard InChI is InChI=1S/C19H30N6O2/c1-3-20-17(26)16-6-4-9-25(14-16)15(2)18(27)23-10-12-24(13-11-23)19-21-7-5-8-22-19/h5,7-8,15-16H,3-4,6,9-14H2,1-2H3,(H,20,26). The molecule has 1 N–H and O–H groups in total. The van der Waals surface area contributed by atoms with Crippen LogP contribution in [0, 0.1) is 5.92 Å². The van der Waals surface area contributed by atoms with Gasteiger partial charge in [0.15, 0.2) is 0 Å². The third-order valence-electron chi connectivity index (χ3n) is 5.51. The van der Waals surface area contributed by atoms with Crippen molar-refractivity contribution in [3.8, 4) is 0 Å². The Morgan fingerprint density at radius 1 is 1.19 bits per heavy atom. The Morgan fingerprint density at radius 3 is 2.56 bits per heavy atom. The van der Waals surface area contributed by atoms with Crippen LogP contribution in [0.15, 0.2) is 18.5 Å². The van der Waals surface area contributed by atoms with E-state index in [4.69, 9.17) is 0 Å². The van der Waals surface area contributed by atoms with Gasteiger partial charge < -0.3 is 15.1 Å². The number of aromatic nitrogens is 2. The van der Waals surface area contributed by atoms with Crippen LogP contribution in [0.2, 0.25) is 0 Å². The zero-order valence-electron chi connectivity index (χ0n) is 16.3. The zero-order valence-corrected chi connectivity index (χ0v) is 16.3. The topological polar surface area (TPSA) is 81.7 Å². The van der Waals surface area contributed by atoms with E-state index >= 15 is 0 Å². The quantitative estimate of drug-likeness (QED) is 0.802. The molecule has 2 fully saturated rings. The highest BCUT2D eigenvalue weighted by molar-refractivity contribution is 5.82. The SMILES string of the molecule is CCNC(=O)C1CCCN(C(C)C(=O)N2CCN(c3ncccn3)CC2)C1. The monoisotopic (exact) mass is 374 g/mol. The summed E-state index contributed by atoms with van der Waals surface area (Å²) in [4.78, 5) is 39.9. The number of piperidine rings is 1. The Balaban J connectivity index is 1.52. The van der Waals surface area contributed by atoms with Crippen LogP contribution >= 0.6 is 0 Å². The molecule has 1 aromatic rings. The number of likely N-dealkylation sites (tertiary alicyclic amines) is 1. The molecular weight excluding hydrogens is 344 g/mol. The first-order valence-electron chi connectivity index (χ1n) is 9.92. The van der Waals surface area contributed by atoms with Crippen LogP contribution in [-0.4, -0.2) is 83.4 Å². The molecule has 2 aliphatic heterocycles. The van der Waals surface area contributed by atoms with Gasteiger partial charge in [-0.05, 0) is 39.3 Å². The van der Waals surface area contributed by atoms with Crippen molar-refractivity contribution in [2.24, 2.45) is 5.92 Å². The van der Waals surface area contributed by atoms with Gasteiger partial charge in [0.25, 0.3) is 0 Å². The highest BCUT2D eigenvalue weighted by atomic mass is 16.2. The van der Waals surface area contributed by atoms with Gasteiger partial charge >= 0.3 is 0 Å². The average Bonchev–Trinajstić information content (AvgIpc) is 2.73. The van der Waals surface area contributed by atoms with Gasteiger partial charge in [0.2, 0.25) is 17.8 Å². The lowest BCUT2D eigenvalue weighted by Crippen LogP contribution is -2.56. The van der Waals surface area contributed by atoms with E-state index in [2.05, 4.69) is 25.1 Å². The maximum atomic E-state index is 13.0. The predicted octanol–water partition coefficient (Wildman–Crippen LogP) is 0.362. The molecule has 0 spiro atoms. The second-order valence-corrected chi connectivity index (χ2v) is 7.27. The number of carbonyl (C=O) groups excluding carboxylic acids is 2. The minimum atomic E-state index is -0.193.